The first kappa shape index (κ1) is 15.6. The van der Waals surface area contributed by atoms with Crippen LogP contribution < -0.4 is 10.1 Å². The maximum Gasteiger partial charge on any atom is 0.230 e. The average molecular weight is 311 g/mol. The van der Waals surface area contributed by atoms with Crippen molar-refractivity contribution in [1.29, 1.82) is 0 Å². The number of rotatable bonds is 5. The number of aliphatic hydroxyl groups excluding tert-OH is 1. The second kappa shape index (κ2) is 7.29. The molecule has 23 heavy (non-hydrogen) atoms. The fraction of sp³-hybridized carbons (Fsp3) is 0.316. The van der Waals surface area contributed by atoms with Gasteiger partial charge in [-0.25, -0.2) is 0 Å². The largest absolute Gasteiger partial charge is 0.489 e. The third-order valence-corrected chi connectivity index (χ3v) is 4.19. The normalized spacial score (nSPS) is 20.2. The smallest absolute Gasteiger partial charge is 0.230 e. The van der Waals surface area contributed by atoms with E-state index in [-0.39, 0.29) is 11.8 Å². The molecule has 0 aliphatic heterocycles. The van der Waals surface area contributed by atoms with E-state index in [2.05, 4.69) is 5.32 Å². The molecule has 1 saturated carbocycles. The lowest BCUT2D eigenvalue weighted by Crippen LogP contribution is -2.28. The van der Waals surface area contributed by atoms with Crippen LogP contribution in [0.4, 0.5) is 5.69 Å². The number of nitrogens with one attached hydrogen (secondary N) is 1. The number of ether oxygens (including phenoxy) is 1. The number of carbonyl (C=O) groups is 1. The third kappa shape index (κ3) is 4.11. The van der Waals surface area contributed by atoms with E-state index in [0.29, 0.717) is 13.0 Å². The second-order valence-corrected chi connectivity index (χ2v) is 5.89. The Morgan fingerprint density at radius 2 is 1.83 bits per heavy atom. The Morgan fingerprint density at radius 1 is 1.09 bits per heavy atom. The van der Waals surface area contributed by atoms with Crippen LogP contribution in [0.5, 0.6) is 5.75 Å². The highest BCUT2D eigenvalue weighted by atomic mass is 16.5. The van der Waals surface area contributed by atoms with Crippen LogP contribution in [-0.2, 0) is 11.4 Å². The molecule has 120 valence electrons. The van der Waals surface area contributed by atoms with E-state index in [0.717, 1.165) is 29.8 Å². The van der Waals surface area contributed by atoms with Gasteiger partial charge in [0, 0.05) is 5.69 Å². The summed E-state index contributed by atoms with van der Waals surface area (Å²) >= 11 is 0. The van der Waals surface area contributed by atoms with Crippen molar-refractivity contribution >= 4 is 11.6 Å². The van der Waals surface area contributed by atoms with Gasteiger partial charge in [0.15, 0.2) is 0 Å². The number of carbonyl (C=O) groups excluding carboxylic acids is 1. The summed E-state index contributed by atoms with van der Waals surface area (Å²) in [5, 5.41) is 12.6. The fourth-order valence-electron chi connectivity index (χ4n) is 2.86. The fourth-order valence-corrected chi connectivity index (χ4v) is 2.86. The summed E-state index contributed by atoms with van der Waals surface area (Å²) in [7, 11) is 0. The first-order valence-corrected chi connectivity index (χ1v) is 7.98. The van der Waals surface area contributed by atoms with E-state index in [1.807, 2.05) is 54.6 Å². The van der Waals surface area contributed by atoms with Gasteiger partial charge in [-0.2, -0.15) is 0 Å². The van der Waals surface area contributed by atoms with E-state index in [4.69, 9.17) is 4.74 Å². The zero-order valence-corrected chi connectivity index (χ0v) is 12.9. The molecule has 0 bridgehead atoms. The van der Waals surface area contributed by atoms with Crippen LogP contribution in [0.3, 0.4) is 0 Å². The van der Waals surface area contributed by atoms with Crippen molar-refractivity contribution in [1.82, 2.24) is 0 Å². The molecule has 1 aliphatic rings. The van der Waals surface area contributed by atoms with Crippen molar-refractivity contribution in [2.45, 2.75) is 32.0 Å². The molecule has 0 saturated heterocycles. The van der Waals surface area contributed by atoms with Crippen molar-refractivity contribution in [3.05, 3.63) is 60.2 Å². The quantitative estimate of drug-likeness (QED) is 0.890. The zero-order valence-electron chi connectivity index (χ0n) is 12.9. The Kier molecular flexibility index (Phi) is 4.93. The number of hydrogen-bond acceptors (Lipinski definition) is 3. The van der Waals surface area contributed by atoms with Gasteiger partial charge >= 0.3 is 0 Å². The van der Waals surface area contributed by atoms with Crippen LogP contribution in [0, 0.1) is 5.92 Å². The highest BCUT2D eigenvalue weighted by Crippen LogP contribution is 2.27. The van der Waals surface area contributed by atoms with Crippen LogP contribution in [0.15, 0.2) is 54.6 Å². The minimum absolute atomic E-state index is 0.104. The van der Waals surface area contributed by atoms with Gasteiger partial charge in [0.25, 0.3) is 0 Å². The Balaban J connectivity index is 1.53. The molecule has 2 atom stereocenters. The van der Waals surface area contributed by atoms with Crippen molar-refractivity contribution in [3.63, 3.8) is 0 Å². The Labute approximate surface area is 136 Å². The molecule has 4 heteroatoms. The van der Waals surface area contributed by atoms with Crippen molar-refractivity contribution < 1.29 is 14.6 Å². The molecular formula is C19H21NO3. The third-order valence-electron chi connectivity index (χ3n) is 4.19. The Bertz CT molecular complexity index is 639. The molecule has 3 rings (SSSR count). The van der Waals surface area contributed by atoms with Gasteiger partial charge in [-0.3, -0.25) is 4.79 Å². The lowest BCUT2D eigenvalue weighted by atomic mass is 10.1. The number of aliphatic hydroxyl groups is 1. The van der Waals surface area contributed by atoms with Gasteiger partial charge in [0.2, 0.25) is 5.91 Å². The molecule has 1 fully saturated rings. The van der Waals surface area contributed by atoms with Crippen molar-refractivity contribution in [3.8, 4) is 5.75 Å². The van der Waals surface area contributed by atoms with Gasteiger partial charge in [0.1, 0.15) is 12.4 Å². The van der Waals surface area contributed by atoms with Crippen molar-refractivity contribution in [2.75, 3.05) is 5.32 Å². The van der Waals surface area contributed by atoms with Crippen LogP contribution in [0.1, 0.15) is 24.8 Å². The van der Waals surface area contributed by atoms with Gasteiger partial charge in [0.05, 0.1) is 12.0 Å². The van der Waals surface area contributed by atoms with Gasteiger partial charge < -0.3 is 15.2 Å². The summed E-state index contributed by atoms with van der Waals surface area (Å²) in [4.78, 5) is 12.1. The predicted molar refractivity (Wildman–Crippen MR) is 89.2 cm³/mol. The second-order valence-electron chi connectivity index (χ2n) is 5.89. The van der Waals surface area contributed by atoms with E-state index in [1.165, 1.54) is 0 Å². The van der Waals surface area contributed by atoms with Crippen LogP contribution in [-0.4, -0.2) is 17.1 Å². The lowest BCUT2D eigenvalue weighted by molar-refractivity contribution is -0.122. The Morgan fingerprint density at radius 3 is 2.48 bits per heavy atom. The topological polar surface area (TPSA) is 58.6 Å². The minimum Gasteiger partial charge on any atom is -0.489 e. The first-order valence-electron chi connectivity index (χ1n) is 7.98. The molecule has 1 aliphatic carbocycles. The Hall–Kier alpha value is -2.33. The maximum absolute atomic E-state index is 12.1. The van der Waals surface area contributed by atoms with Crippen molar-refractivity contribution in [2.24, 2.45) is 5.92 Å². The number of hydrogen-bond donors (Lipinski definition) is 2. The molecule has 2 aromatic carbocycles. The van der Waals surface area contributed by atoms with Gasteiger partial charge in [-0.15, -0.1) is 0 Å². The highest BCUT2D eigenvalue weighted by Gasteiger charge is 2.31. The molecule has 0 spiro atoms. The van der Waals surface area contributed by atoms with Crippen LogP contribution >= 0.6 is 0 Å². The van der Waals surface area contributed by atoms with Gasteiger partial charge in [-0.05, 0) is 49.1 Å². The molecular weight excluding hydrogens is 290 g/mol. The summed E-state index contributed by atoms with van der Waals surface area (Å²) in [6, 6.07) is 17.3. The highest BCUT2D eigenvalue weighted by molar-refractivity contribution is 5.93. The molecule has 2 unspecified atom stereocenters. The number of benzene rings is 2. The average Bonchev–Trinajstić information content (AvgIpc) is 3.01. The molecule has 0 heterocycles. The zero-order chi connectivity index (χ0) is 16.1. The molecule has 1 amide bonds. The summed E-state index contributed by atoms with van der Waals surface area (Å²) in [6.07, 6.45) is 1.87. The lowest BCUT2D eigenvalue weighted by Gasteiger charge is -2.14. The minimum atomic E-state index is -0.511. The first-order chi connectivity index (χ1) is 11.2. The summed E-state index contributed by atoms with van der Waals surface area (Å²) < 4.78 is 5.72. The summed E-state index contributed by atoms with van der Waals surface area (Å²) in [5.41, 5.74) is 1.83. The SMILES string of the molecule is O=C(Nc1ccc(OCc2ccccc2)cc1)C1CCCC1O. The van der Waals surface area contributed by atoms with E-state index >= 15 is 0 Å². The summed E-state index contributed by atoms with van der Waals surface area (Å²) in [5.74, 6) is 0.365. The van der Waals surface area contributed by atoms with Crippen LogP contribution in [0.2, 0.25) is 0 Å². The van der Waals surface area contributed by atoms with Crippen LogP contribution in [0.25, 0.3) is 0 Å². The van der Waals surface area contributed by atoms with E-state index < -0.39 is 6.10 Å². The van der Waals surface area contributed by atoms with E-state index in [9.17, 15) is 9.90 Å². The molecule has 4 nitrogen and oxygen atoms in total. The molecule has 2 aromatic rings. The van der Waals surface area contributed by atoms with Gasteiger partial charge in [-0.1, -0.05) is 30.3 Å². The molecule has 0 aromatic heterocycles. The van der Waals surface area contributed by atoms with E-state index in [1.54, 1.807) is 0 Å². The number of amides is 1. The number of anilines is 1. The molecule has 2 N–H and O–H groups in total. The summed E-state index contributed by atoms with van der Waals surface area (Å²) in [6.45, 7) is 0.515. The predicted octanol–water partition coefficient (Wildman–Crippen LogP) is 3.37. The maximum atomic E-state index is 12.1. The monoisotopic (exact) mass is 311 g/mol. The molecule has 0 radical (unpaired) electrons. The standard InChI is InChI=1S/C19H21NO3/c21-18-8-4-7-17(18)19(22)20-15-9-11-16(12-10-15)23-13-14-5-2-1-3-6-14/h1-3,5-6,9-12,17-18,21H,4,7-8,13H2,(H,20,22).